The fourth-order valence-corrected chi connectivity index (χ4v) is 5.79. The van der Waals surface area contributed by atoms with Crippen molar-refractivity contribution in [3.8, 4) is 0 Å². The fraction of sp³-hybridized carbons (Fsp3) is 0.444. The van der Waals surface area contributed by atoms with E-state index in [1.165, 1.54) is 0 Å². The first kappa shape index (κ1) is 17.4. The first-order chi connectivity index (χ1) is 12.6. The van der Waals surface area contributed by atoms with Crippen molar-refractivity contribution in [2.24, 2.45) is 0 Å². The smallest absolute Gasteiger partial charge is 0.227 e. The van der Waals surface area contributed by atoms with Crippen LogP contribution in [0.4, 0.5) is 11.6 Å². The molecule has 0 radical (unpaired) electrons. The van der Waals surface area contributed by atoms with E-state index in [-0.39, 0.29) is 11.7 Å². The van der Waals surface area contributed by atoms with E-state index in [0.29, 0.717) is 25.6 Å². The van der Waals surface area contributed by atoms with Crippen LogP contribution in [0.3, 0.4) is 0 Å². The molecular formula is C18H22N4O3S. The molecule has 1 fully saturated rings. The van der Waals surface area contributed by atoms with Gasteiger partial charge in [-0.15, -0.1) is 0 Å². The van der Waals surface area contributed by atoms with Crippen LogP contribution in [0.15, 0.2) is 36.5 Å². The molecule has 2 aliphatic heterocycles. The standard InChI is InChI=1S/C18H22N4O3S/c1-25-8-7-22-10-15-16(11-22)26(23,24)12-13-9-19-18(21-17(13)15)20-14-5-3-2-4-6-14/h2-6,9,15-16H,7-8,10-12H2,1H3,(H,19,20,21)/t15-,16+/m0/s1. The van der Waals surface area contributed by atoms with E-state index >= 15 is 0 Å². The molecule has 1 aromatic carbocycles. The van der Waals surface area contributed by atoms with Crippen LogP contribution in [0.2, 0.25) is 0 Å². The van der Waals surface area contributed by atoms with Gasteiger partial charge in [-0.25, -0.2) is 18.4 Å². The molecule has 0 aliphatic carbocycles. The van der Waals surface area contributed by atoms with Crippen molar-refractivity contribution < 1.29 is 13.2 Å². The number of ether oxygens (including phenoxy) is 1. The first-order valence-electron chi connectivity index (χ1n) is 8.67. The molecule has 2 aromatic rings. The van der Waals surface area contributed by atoms with Gasteiger partial charge in [-0.3, -0.25) is 4.90 Å². The van der Waals surface area contributed by atoms with Gasteiger partial charge in [0.1, 0.15) is 0 Å². The number of anilines is 2. The summed E-state index contributed by atoms with van der Waals surface area (Å²) in [7, 11) is -1.53. The molecule has 1 N–H and O–H groups in total. The lowest BCUT2D eigenvalue weighted by molar-refractivity contribution is 0.160. The Morgan fingerprint density at radius 2 is 2.08 bits per heavy atom. The van der Waals surface area contributed by atoms with E-state index in [9.17, 15) is 8.42 Å². The molecule has 2 atom stereocenters. The average Bonchev–Trinajstić information content (AvgIpc) is 3.07. The van der Waals surface area contributed by atoms with Gasteiger partial charge in [0, 0.05) is 50.1 Å². The third kappa shape index (κ3) is 3.32. The number of hydrogen-bond donors (Lipinski definition) is 1. The highest BCUT2D eigenvalue weighted by Crippen LogP contribution is 2.39. The molecule has 8 heteroatoms. The highest BCUT2D eigenvalue weighted by molar-refractivity contribution is 7.91. The fourth-order valence-electron chi connectivity index (χ4n) is 3.77. The van der Waals surface area contributed by atoms with E-state index < -0.39 is 15.1 Å². The highest BCUT2D eigenvalue weighted by atomic mass is 32.2. The number of rotatable bonds is 5. The third-order valence-corrected chi connectivity index (χ3v) is 7.16. The van der Waals surface area contributed by atoms with Crippen LogP contribution in [0.5, 0.6) is 0 Å². The summed E-state index contributed by atoms with van der Waals surface area (Å²) < 4.78 is 30.5. The van der Waals surface area contributed by atoms with Crippen molar-refractivity contribution in [1.29, 1.82) is 0 Å². The quantitative estimate of drug-likeness (QED) is 0.850. The number of likely N-dealkylation sites (tertiary alicyclic amines) is 1. The Morgan fingerprint density at radius 1 is 1.27 bits per heavy atom. The average molecular weight is 374 g/mol. The van der Waals surface area contributed by atoms with Gasteiger partial charge >= 0.3 is 0 Å². The van der Waals surface area contributed by atoms with E-state index in [1.807, 2.05) is 30.3 Å². The molecule has 7 nitrogen and oxygen atoms in total. The largest absolute Gasteiger partial charge is 0.383 e. The molecule has 0 bridgehead atoms. The zero-order valence-corrected chi connectivity index (χ0v) is 15.4. The Balaban J connectivity index is 1.63. The maximum absolute atomic E-state index is 12.7. The minimum Gasteiger partial charge on any atom is -0.383 e. The summed E-state index contributed by atoms with van der Waals surface area (Å²) in [6.45, 7) is 2.55. The van der Waals surface area contributed by atoms with Crippen LogP contribution in [-0.4, -0.2) is 61.9 Å². The third-order valence-electron chi connectivity index (χ3n) is 5.05. The minimum absolute atomic E-state index is 0.0211. The van der Waals surface area contributed by atoms with Gasteiger partial charge in [-0.1, -0.05) is 18.2 Å². The topological polar surface area (TPSA) is 84.4 Å². The van der Waals surface area contributed by atoms with Crippen molar-refractivity contribution in [3.63, 3.8) is 0 Å². The molecule has 1 saturated heterocycles. The van der Waals surface area contributed by atoms with E-state index in [4.69, 9.17) is 4.74 Å². The van der Waals surface area contributed by atoms with Crippen LogP contribution in [-0.2, 0) is 20.3 Å². The molecule has 2 aliphatic rings. The molecule has 3 heterocycles. The number of para-hydroxylation sites is 1. The summed E-state index contributed by atoms with van der Waals surface area (Å²) in [5.74, 6) is 0.413. The number of nitrogens with zero attached hydrogens (tertiary/aromatic N) is 3. The summed E-state index contributed by atoms with van der Waals surface area (Å²) in [4.78, 5) is 11.2. The van der Waals surface area contributed by atoms with Crippen LogP contribution < -0.4 is 5.32 Å². The van der Waals surface area contributed by atoms with Gasteiger partial charge in [0.25, 0.3) is 0 Å². The second-order valence-corrected chi connectivity index (χ2v) is 9.02. The van der Waals surface area contributed by atoms with Crippen molar-refractivity contribution >= 4 is 21.5 Å². The van der Waals surface area contributed by atoms with Crippen molar-refractivity contribution in [1.82, 2.24) is 14.9 Å². The molecule has 1 aromatic heterocycles. The Kier molecular flexibility index (Phi) is 4.64. The number of nitrogens with one attached hydrogen (secondary N) is 1. The molecule has 0 unspecified atom stereocenters. The predicted molar refractivity (Wildman–Crippen MR) is 99.2 cm³/mol. The minimum atomic E-state index is -3.19. The summed E-state index contributed by atoms with van der Waals surface area (Å²) in [5.41, 5.74) is 2.48. The Morgan fingerprint density at radius 3 is 2.85 bits per heavy atom. The van der Waals surface area contributed by atoms with Gasteiger partial charge in [0.2, 0.25) is 5.95 Å². The second kappa shape index (κ2) is 6.94. The summed E-state index contributed by atoms with van der Waals surface area (Å²) in [6.07, 6.45) is 1.65. The Hall–Kier alpha value is -2.03. The first-order valence-corrected chi connectivity index (χ1v) is 10.4. The molecule has 0 amide bonds. The molecule has 0 spiro atoms. The molecule has 26 heavy (non-hydrogen) atoms. The highest BCUT2D eigenvalue weighted by Gasteiger charge is 2.47. The van der Waals surface area contributed by atoms with Crippen LogP contribution in [0.25, 0.3) is 0 Å². The lowest BCUT2D eigenvalue weighted by Gasteiger charge is -2.26. The SMILES string of the molecule is COCCN1C[C@@H]2c3nc(Nc4ccccc4)ncc3CS(=O)(=O)[C@@H]2C1. The number of aromatic nitrogens is 2. The number of fused-ring (bicyclic) bond motifs is 3. The molecule has 4 rings (SSSR count). The van der Waals surface area contributed by atoms with Gasteiger partial charge < -0.3 is 10.1 Å². The molecule has 138 valence electrons. The van der Waals surface area contributed by atoms with E-state index in [1.54, 1.807) is 13.3 Å². The summed E-state index contributed by atoms with van der Waals surface area (Å²) >= 11 is 0. The number of methoxy groups -OCH3 is 1. The lowest BCUT2D eigenvalue weighted by Crippen LogP contribution is -2.35. The Labute approximate surface area is 153 Å². The van der Waals surface area contributed by atoms with Gasteiger partial charge in [-0.2, -0.15) is 0 Å². The Bertz CT molecular complexity index is 889. The summed E-state index contributed by atoms with van der Waals surface area (Å²) in [5, 5.41) is 2.80. The molecule has 0 saturated carbocycles. The second-order valence-electron chi connectivity index (χ2n) is 6.80. The molecular weight excluding hydrogens is 352 g/mol. The number of hydrogen-bond acceptors (Lipinski definition) is 7. The summed E-state index contributed by atoms with van der Waals surface area (Å²) in [6, 6.07) is 9.71. The van der Waals surface area contributed by atoms with E-state index in [2.05, 4.69) is 20.2 Å². The maximum atomic E-state index is 12.7. The number of benzene rings is 1. The van der Waals surface area contributed by atoms with Crippen LogP contribution in [0.1, 0.15) is 17.2 Å². The maximum Gasteiger partial charge on any atom is 0.227 e. The van der Waals surface area contributed by atoms with E-state index in [0.717, 1.165) is 23.5 Å². The van der Waals surface area contributed by atoms with Gasteiger partial charge in [-0.05, 0) is 12.1 Å². The normalized spacial score (nSPS) is 24.0. The zero-order chi connectivity index (χ0) is 18.1. The monoisotopic (exact) mass is 374 g/mol. The van der Waals surface area contributed by atoms with Crippen LogP contribution >= 0.6 is 0 Å². The van der Waals surface area contributed by atoms with Crippen molar-refractivity contribution in [2.75, 3.05) is 38.7 Å². The number of sulfone groups is 1. The zero-order valence-electron chi connectivity index (χ0n) is 14.6. The van der Waals surface area contributed by atoms with Crippen molar-refractivity contribution in [2.45, 2.75) is 16.9 Å². The lowest BCUT2D eigenvalue weighted by atomic mass is 10.00. The van der Waals surface area contributed by atoms with Crippen molar-refractivity contribution in [3.05, 3.63) is 47.8 Å². The van der Waals surface area contributed by atoms with Gasteiger partial charge in [0.15, 0.2) is 9.84 Å². The van der Waals surface area contributed by atoms with Gasteiger partial charge in [0.05, 0.1) is 23.3 Å². The van der Waals surface area contributed by atoms with Crippen LogP contribution in [0, 0.1) is 0 Å². The predicted octanol–water partition coefficient (Wildman–Crippen LogP) is 1.56.